The Morgan fingerprint density at radius 3 is 2.86 bits per heavy atom. The SMILES string of the molecule is C=C/C(=C/C=C=O)N1/C(=C(\CN=O)c2nnc(Cc3ccc(C)cc3F)s2)CCC1C1NC(C)CN1C. The first-order valence-electron chi connectivity index (χ1n) is 12.2. The number of benzene rings is 1. The van der Waals surface area contributed by atoms with E-state index in [4.69, 9.17) is 0 Å². The maximum atomic E-state index is 14.4. The molecule has 8 nitrogen and oxygen atoms in total. The van der Waals surface area contributed by atoms with Crippen molar-refractivity contribution in [3.05, 3.63) is 86.3 Å². The van der Waals surface area contributed by atoms with Crippen LogP contribution in [-0.2, 0) is 11.2 Å². The standard InChI is InChI=1S/C27H31FN6O2S/c1-5-20(7-6-12-35)34-23(10-11-24(34)26-30-18(3)16-33(26)4)21(15-29-36)27-32-31-25(37-27)14-19-9-8-17(2)13-22(19)28/h5-9,13,18,24,26,30H,1,10-11,14-16H2,2-4H3/b20-7-,23-21+. The number of halogens is 1. The molecule has 2 fully saturated rings. The fraction of sp³-hybridized carbons (Fsp3) is 0.407. The van der Waals surface area contributed by atoms with Gasteiger partial charge < -0.3 is 4.90 Å². The molecule has 3 unspecified atom stereocenters. The van der Waals surface area contributed by atoms with Gasteiger partial charge in [-0.3, -0.25) is 10.2 Å². The van der Waals surface area contributed by atoms with E-state index in [2.05, 4.69) is 51.0 Å². The molecule has 0 aliphatic carbocycles. The van der Waals surface area contributed by atoms with Gasteiger partial charge in [0.25, 0.3) is 0 Å². The van der Waals surface area contributed by atoms with Crippen molar-refractivity contribution in [3.63, 3.8) is 0 Å². The highest BCUT2D eigenvalue weighted by molar-refractivity contribution is 7.12. The first-order valence-corrected chi connectivity index (χ1v) is 13.1. The molecule has 3 atom stereocenters. The van der Waals surface area contributed by atoms with Gasteiger partial charge in [-0.15, -0.1) is 10.2 Å². The number of allylic oxidation sites excluding steroid dienone is 4. The summed E-state index contributed by atoms with van der Waals surface area (Å²) in [5, 5.41) is 16.8. The number of rotatable bonds is 9. The summed E-state index contributed by atoms with van der Waals surface area (Å²) in [5.41, 5.74) is 3.70. The monoisotopic (exact) mass is 522 g/mol. The molecule has 0 amide bonds. The van der Waals surface area contributed by atoms with E-state index < -0.39 is 0 Å². The molecule has 0 bridgehead atoms. The van der Waals surface area contributed by atoms with Crippen LogP contribution in [0.4, 0.5) is 4.39 Å². The average Bonchev–Trinajstić information content (AvgIpc) is 3.58. The van der Waals surface area contributed by atoms with Crippen LogP contribution >= 0.6 is 11.3 Å². The second-order valence-corrected chi connectivity index (χ2v) is 10.6. The van der Waals surface area contributed by atoms with Gasteiger partial charge in [0.2, 0.25) is 0 Å². The van der Waals surface area contributed by atoms with Crippen LogP contribution < -0.4 is 5.32 Å². The van der Waals surface area contributed by atoms with Crippen molar-refractivity contribution in [1.29, 1.82) is 0 Å². The van der Waals surface area contributed by atoms with Gasteiger partial charge in [0.05, 0.1) is 12.2 Å². The Morgan fingerprint density at radius 1 is 1.41 bits per heavy atom. The Kier molecular flexibility index (Phi) is 8.56. The number of aromatic nitrogens is 2. The zero-order valence-electron chi connectivity index (χ0n) is 21.3. The number of nitrogens with zero attached hydrogens (tertiary/aromatic N) is 5. The smallest absolute Gasteiger partial charge is 0.147 e. The third-order valence-electron chi connectivity index (χ3n) is 6.81. The van der Waals surface area contributed by atoms with E-state index in [1.807, 2.05) is 13.0 Å². The molecular weight excluding hydrogens is 491 g/mol. The molecule has 2 aromatic rings. The van der Waals surface area contributed by atoms with Gasteiger partial charge in [-0.2, -0.15) is 4.91 Å². The van der Waals surface area contributed by atoms with Gasteiger partial charge in [-0.05, 0) is 63.1 Å². The van der Waals surface area contributed by atoms with Crippen LogP contribution in [0.25, 0.3) is 5.57 Å². The van der Waals surface area contributed by atoms with Crippen molar-refractivity contribution in [1.82, 2.24) is 25.3 Å². The molecule has 1 N–H and O–H groups in total. The number of aryl methyl sites for hydroxylation is 1. The summed E-state index contributed by atoms with van der Waals surface area (Å²) in [6.45, 7) is 8.79. The van der Waals surface area contributed by atoms with E-state index >= 15 is 0 Å². The molecule has 37 heavy (non-hydrogen) atoms. The largest absolute Gasteiger partial charge is 0.339 e. The lowest BCUT2D eigenvalue weighted by atomic mass is 10.1. The second kappa shape index (κ2) is 11.8. The molecule has 4 rings (SSSR count). The summed E-state index contributed by atoms with van der Waals surface area (Å²) >= 11 is 1.34. The molecule has 2 aliphatic heterocycles. The lowest BCUT2D eigenvalue weighted by Crippen LogP contribution is -2.49. The zero-order chi connectivity index (χ0) is 26.5. The number of hydrogen-bond donors (Lipinski definition) is 1. The summed E-state index contributed by atoms with van der Waals surface area (Å²) < 4.78 is 14.4. The number of likely N-dealkylation sites (tertiary alicyclic amines) is 1. The highest BCUT2D eigenvalue weighted by Gasteiger charge is 2.42. The summed E-state index contributed by atoms with van der Waals surface area (Å²) in [6, 6.07) is 5.50. The normalized spacial score (nSPS) is 23.7. The van der Waals surface area contributed by atoms with Gasteiger partial charge in [0.1, 0.15) is 28.3 Å². The Morgan fingerprint density at radius 2 is 2.22 bits per heavy atom. The lowest BCUT2D eigenvalue weighted by molar-refractivity contribution is 0.183. The fourth-order valence-corrected chi connectivity index (χ4v) is 6.14. The van der Waals surface area contributed by atoms with Crippen LogP contribution in [0.15, 0.2) is 59.6 Å². The molecule has 1 aromatic heterocycles. The Labute approximate surface area is 220 Å². The van der Waals surface area contributed by atoms with Crippen LogP contribution in [0.5, 0.6) is 0 Å². The highest BCUT2D eigenvalue weighted by atomic mass is 32.1. The summed E-state index contributed by atoms with van der Waals surface area (Å²) in [7, 11) is 2.08. The van der Waals surface area contributed by atoms with Crippen molar-refractivity contribution < 1.29 is 9.18 Å². The van der Waals surface area contributed by atoms with Crippen LogP contribution in [0.1, 0.15) is 40.9 Å². The molecule has 0 spiro atoms. The topological polar surface area (TPSA) is 90.8 Å². The minimum atomic E-state index is -0.277. The fourth-order valence-electron chi connectivity index (χ4n) is 5.22. The third-order valence-corrected chi connectivity index (χ3v) is 7.79. The van der Waals surface area contributed by atoms with Crippen LogP contribution in [0, 0.1) is 17.6 Å². The van der Waals surface area contributed by atoms with E-state index in [1.54, 1.807) is 24.2 Å². The number of nitroso groups, excluding NO2 is 1. The van der Waals surface area contributed by atoms with Crippen LogP contribution in [0.3, 0.4) is 0 Å². The second-order valence-electron chi connectivity index (χ2n) is 9.49. The molecule has 0 saturated carbocycles. The predicted octanol–water partition coefficient (Wildman–Crippen LogP) is 4.23. The van der Waals surface area contributed by atoms with E-state index in [1.165, 1.54) is 23.5 Å². The number of nitrogens with one attached hydrogen (secondary N) is 1. The van der Waals surface area contributed by atoms with Crippen molar-refractivity contribution in [2.45, 2.75) is 51.4 Å². The van der Waals surface area contributed by atoms with Crippen molar-refractivity contribution in [2.24, 2.45) is 5.18 Å². The molecule has 194 valence electrons. The first-order chi connectivity index (χ1) is 17.9. The summed E-state index contributed by atoms with van der Waals surface area (Å²) in [5.74, 6) is 1.53. The molecule has 3 heterocycles. The van der Waals surface area contributed by atoms with Gasteiger partial charge in [0.15, 0.2) is 0 Å². The van der Waals surface area contributed by atoms with E-state index in [0.29, 0.717) is 40.0 Å². The quantitative estimate of drug-likeness (QED) is 0.299. The van der Waals surface area contributed by atoms with E-state index in [0.717, 1.165) is 29.9 Å². The van der Waals surface area contributed by atoms with Crippen molar-refractivity contribution in [2.75, 3.05) is 20.1 Å². The Bertz CT molecular complexity index is 1280. The number of carbonyl (C=O) groups excluding carboxylic acids is 1. The maximum absolute atomic E-state index is 14.4. The number of hydrogen-bond acceptors (Lipinski definition) is 9. The van der Waals surface area contributed by atoms with Crippen molar-refractivity contribution in [3.8, 4) is 0 Å². The summed E-state index contributed by atoms with van der Waals surface area (Å²) in [6.07, 6.45) is 6.57. The Balaban J connectivity index is 1.75. The molecule has 10 heteroatoms. The molecule has 0 radical (unpaired) electrons. The first kappa shape index (κ1) is 26.8. The minimum absolute atomic E-state index is 0.0324. The van der Waals surface area contributed by atoms with Crippen molar-refractivity contribution >= 4 is 22.9 Å². The Hall–Kier alpha value is -3.30. The number of likely N-dealkylation sites (N-methyl/N-ethyl adjacent to an activating group) is 1. The third kappa shape index (κ3) is 5.83. The zero-order valence-corrected chi connectivity index (χ0v) is 22.1. The molecule has 2 aliphatic rings. The maximum Gasteiger partial charge on any atom is 0.147 e. The van der Waals surface area contributed by atoms with Gasteiger partial charge >= 0.3 is 0 Å². The van der Waals surface area contributed by atoms with Crippen LogP contribution in [0.2, 0.25) is 0 Å². The van der Waals surface area contributed by atoms with E-state index in [9.17, 15) is 14.1 Å². The molecule has 2 saturated heterocycles. The van der Waals surface area contributed by atoms with Gasteiger partial charge in [-0.25, -0.2) is 9.18 Å². The average molecular weight is 523 g/mol. The minimum Gasteiger partial charge on any atom is -0.339 e. The summed E-state index contributed by atoms with van der Waals surface area (Å²) in [4.78, 5) is 27.0. The molecule has 1 aromatic carbocycles. The highest BCUT2D eigenvalue weighted by Crippen LogP contribution is 2.40. The van der Waals surface area contributed by atoms with Gasteiger partial charge in [0, 0.05) is 42.1 Å². The van der Waals surface area contributed by atoms with E-state index in [-0.39, 0.29) is 24.6 Å². The van der Waals surface area contributed by atoms with Crippen LogP contribution in [-0.4, -0.2) is 64.3 Å². The van der Waals surface area contributed by atoms with Gasteiger partial charge in [-0.1, -0.05) is 35.2 Å². The lowest BCUT2D eigenvalue weighted by Gasteiger charge is -2.36. The molecular formula is C27H31FN6O2S. The predicted molar refractivity (Wildman–Crippen MR) is 144 cm³/mol.